The van der Waals surface area contributed by atoms with E-state index >= 15 is 0 Å². The highest BCUT2D eigenvalue weighted by atomic mass is 32.2. The first-order chi connectivity index (χ1) is 12.3. The Labute approximate surface area is 152 Å². The molecule has 1 aromatic carbocycles. The van der Waals surface area contributed by atoms with Crippen molar-refractivity contribution < 1.29 is 17.7 Å². The summed E-state index contributed by atoms with van der Waals surface area (Å²) in [6, 6.07) is 6.58. The summed E-state index contributed by atoms with van der Waals surface area (Å²) in [5, 5.41) is 6.25. The van der Waals surface area contributed by atoms with Crippen molar-refractivity contribution in [3.05, 3.63) is 36.1 Å². The Balaban J connectivity index is 1.97. The van der Waals surface area contributed by atoms with Crippen LogP contribution in [-0.4, -0.2) is 32.1 Å². The predicted octanol–water partition coefficient (Wildman–Crippen LogP) is 1.18. The Morgan fingerprint density at radius 2 is 1.96 bits per heavy atom. The summed E-state index contributed by atoms with van der Waals surface area (Å²) >= 11 is 0. The molecule has 1 atom stereocenters. The Bertz CT molecular complexity index is 833. The van der Waals surface area contributed by atoms with E-state index in [0.29, 0.717) is 24.4 Å². The number of nitrogens with one attached hydrogen (secondary N) is 2. The molecule has 6 N–H and O–H groups in total. The van der Waals surface area contributed by atoms with E-state index in [4.69, 9.17) is 16.0 Å². The average Bonchev–Trinajstić information content (AvgIpc) is 2.99. The van der Waals surface area contributed by atoms with Gasteiger partial charge in [-0.25, -0.2) is 8.42 Å². The molecule has 0 aliphatic carbocycles. The van der Waals surface area contributed by atoms with Crippen LogP contribution >= 0.6 is 0 Å². The molecule has 26 heavy (non-hydrogen) atoms. The van der Waals surface area contributed by atoms with Gasteiger partial charge in [-0.3, -0.25) is 9.52 Å². The van der Waals surface area contributed by atoms with E-state index in [-0.39, 0.29) is 16.6 Å². The van der Waals surface area contributed by atoms with E-state index in [1.54, 1.807) is 6.92 Å². The lowest BCUT2D eigenvalue weighted by molar-refractivity contribution is -0.117. The van der Waals surface area contributed by atoms with Crippen LogP contribution in [0.4, 0.5) is 11.5 Å². The molecule has 0 bridgehead atoms. The highest BCUT2D eigenvalue weighted by Gasteiger charge is 2.17. The first-order valence-corrected chi connectivity index (χ1v) is 9.63. The van der Waals surface area contributed by atoms with Gasteiger partial charge in [-0.05, 0) is 50.6 Å². The van der Waals surface area contributed by atoms with Gasteiger partial charge in [-0.1, -0.05) is 11.6 Å². The zero-order chi connectivity index (χ0) is 19.2. The van der Waals surface area contributed by atoms with Crippen LogP contribution in [0.2, 0.25) is 0 Å². The molecule has 1 amide bonds. The average molecular weight is 381 g/mol. The van der Waals surface area contributed by atoms with Crippen molar-refractivity contribution in [3.8, 4) is 0 Å². The number of carbonyl (C=O) groups is 1. The summed E-state index contributed by atoms with van der Waals surface area (Å²) in [4.78, 5) is 12.0. The van der Waals surface area contributed by atoms with Crippen LogP contribution < -0.4 is 21.5 Å². The number of benzene rings is 1. The van der Waals surface area contributed by atoms with Crippen molar-refractivity contribution in [1.82, 2.24) is 5.16 Å². The van der Waals surface area contributed by atoms with Crippen molar-refractivity contribution in [1.29, 1.82) is 0 Å². The van der Waals surface area contributed by atoms with Crippen molar-refractivity contribution in [2.75, 3.05) is 16.6 Å². The number of sulfonamides is 1. The maximum absolute atomic E-state index is 12.3. The van der Waals surface area contributed by atoms with Crippen molar-refractivity contribution in [2.24, 2.45) is 11.5 Å². The van der Waals surface area contributed by atoms with Crippen molar-refractivity contribution in [2.45, 2.75) is 37.1 Å². The van der Waals surface area contributed by atoms with Gasteiger partial charge in [-0.2, -0.15) is 0 Å². The van der Waals surface area contributed by atoms with Crippen LogP contribution in [0.3, 0.4) is 0 Å². The predicted molar refractivity (Wildman–Crippen MR) is 98.0 cm³/mol. The van der Waals surface area contributed by atoms with E-state index in [2.05, 4.69) is 15.2 Å². The molecule has 0 spiro atoms. The second kappa shape index (κ2) is 8.79. The molecule has 2 rings (SSSR count). The first kappa shape index (κ1) is 19.9. The highest BCUT2D eigenvalue weighted by Crippen LogP contribution is 2.18. The standard InChI is InChI=1S/C16H23N5O4S/c1-11-10-15(20-25-11)21-26(23,24)13-7-5-12(6-8-13)19-16(22)14(18)4-2-3-9-17/h5-8,10,14H,2-4,9,17-18H2,1H3,(H,19,22)(H,20,21)/t14-/m0/s1. The summed E-state index contributed by atoms with van der Waals surface area (Å²) in [5.74, 6) is 0.265. The quantitative estimate of drug-likeness (QED) is 0.476. The van der Waals surface area contributed by atoms with Gasteiger partial charge < -0.3 is 21.3 Å². The fourth-order valence-corrected chi connectivity index (χ4v) is 3.19. The molecule has 0 unspecified atom stereocenters. The molecule has 1 aromatic heterocycles. The topological polar surface area (TPSA) is 153 Å². The van der Waals surface area contributed by atoms with Crippen LogP contribution in [0, 0.1) is 6.92 Å². The van der Waals surface area contributed by atoms with E-state index in [0.717, 1.165) is 12.8 Å². The molecule has 0 aliphatic heterocycles. The number of unbranched alkanes of at least 4 members (excludes halogenated alkanes) is 1. The molecule has 0 fully saturated rings. The number of carbonyl (C=O) groups excluding carboxylic acids is 1. The maximum atomic E-state index is 12.3. The van der Waals surface area contributed by atoms with Gasteiger partial charge in [0, 0.05) is 11.8 Å². The minimum atomic E-state index is -3.80. The molecular weight excluding hydrogens is 358 g/mol. The smallest absolute Gasteiger partial charge is 0.263 e. The molecule has 10 heteroatoms. The van der Waals surface area contributed by atoms with Crippen LogP contribution in [0.25, 0.3) is 0 Å². The Hall–Kier alpha value is -2.43. The highest BCUT2D eigenvalue weighted by molar-refractivity contribution is 7.92. The lowest BCUT2D eigenvalue weighted by Gasteiger charge is -2.12. The number of nitrogens with zero attached hydrogens (tertiary/aromatic N) is 1. The molecule has 0 saturated heterocycles. The van der Waals surface area contributed by atoms with Crippen molar-refractivity contribution in [3.63, 3.8) is 0 Å². The second-order valence-corrected chi connectivity index (χ2v) is 7.52. The normalized spacial score (nSPS) is 12.6. The molecular formula is C16H23N5O4S. The van der Waals surface area contributed by atoms with E-state index in [1.165, 1.54) is 30.3 Å². The van der Waals surface area contributed by atoms with E-state index in [9.17, 15) is 13.2 Å². The van der Waals surface area contributed by atoms with Gasteiger partial charge in [-0.15, -0.1) is 0 Å². The number of rotatable bonds is 9. The van der Waals surface area contributed by atoms with Crippen LogP contribution in [0.5, 0.6) is 0 Å². The molecule has 2 aromatic rings. The number of aryl methyl sites for hydroxylation is 1. The monoisotopic (exact) mass is 381 g/mol. The molecule has 142 valence electrons. The van der Waals surface area contributed by atoms with Gasteiger partial charge >= 0.3 is 0 Å². The molecule has 9 nitrogen and oxygen atoms in total. The maximum Gasteiger partial charge on any atom is 0.263 e. The molecule has 0 saturated carbocycles. The third kappa shape index (κ3) is 5.55. The zero-order valence-electron chi connectivity index (χ0n) is 14.4. The van der Waals surface area contributed by atoms with E-state index < -0.39 is 16.1 Å². The molecule has 0 aliphatic rings. The minimum absolute atomic E-state index is 0.0309. The summed E-state index contributed by atoms with van der Waals surface area (Å²) in [5.41, 5.74) is 11.7. The summed E-state index contributed by atoms with van der Waals surface area (Å²) in [7, 11) is -3.80. The zero-order valence-corrected chi connectivity index (χ0v) is 15.3. The van der Waals surface area contributed by atoms with Crippen LogP contribution in [-0.2, 0) is 14.8 Å². The van der Waals surface area contributed by atoms with Gasteiger partial charge in [0.2, 0.25) is 5.91 Å². The van der Waals surface area contributed by atoms with Gasteiger partial charge in [0.25, 0.3) is 10.0 Å². The Morgan fingerprint density at radius 3 is 2.54 bits per heavy atom. The lowest BCUT2D eigenvalue weighted by Crippen LogP contribution is -2.35. The Kier molecular flexibility index (Phi) is 6.72. The Morgan fingerprint density at radius 1 is 1.27 bits per heavy atom. The minimum Gasteiger partial charge on any atom is -0.360 e. The number of nitrogens with two attached hydrogens (primary N) is 2. The van der Waals surface area contributed by atoms with Gasteiger partial charge in [0.05, 0.1) is 10.9 Å². The molecule has 0 radical (unpaired) electrons. The summed E-state index contributed by atoms with van der Waals surface area (Å²) in [6.07, 6.45) is 2.12. The fourth-order valence-electron chi connectivity index (χ4n) is 2.20. The number of aromatic nitrogens is 1. The molecule has 1 heterocycles. The first-order valence-electron chi connectivity index (χ1n) is 8.14. The third-order valence-corrected chi connectivity index (χ3v) is 4.98. The number of anilines is 2. The number of hydrogen-bond donors (Lipinski definition) is 4. The largest absolute Gasteiger partial charge is 0.360 e. The van der Waals surface area contributed by atoms with E-state index in [1.807, 2.05) is 0 Å². The summed E-state index contributed by atoms with van der Waals surface area (Å²) in [6.45, 7) is 2.22. The fraction of sp³-hybridized carbons (Fsp3) is 0.375. The number of hydrogen-bond acceptors (Lipinski definition) is 7. The van der Waals surface area contributed by atoms with Gasteiger partial charge in [0.15, 0.2) is 5.82 Å². The summed E-state index contributed by atoms with van der Waals surface area (Å²) < 4.78 is 31.7. The van der Waals surface area contributed by atoms with Crippen molar-refractivity contribution >= 4 is 27.4 Å². The van der Waals surface area contributed by atoms with Gasteiger partial charge in [0.1, 0.15) is 5.76 Å². The van der Waals surface area contributed by atoms with Crippen LogP contribution in [0.15, 0.2) is 39.8 Å². The van der Waals surface area contributed by atoms with Crippen LogP contribution in [0.1, 0.15) is 25.0 Å². The number of amides is 1. The SMILES string of the molecule is Cc1cc(NS(=O)(=O)c2ccc(NC(=O)[C@@H](N)CCCCN)cc2)no1. The third-order valence-electron chi connectivity index (χ3n) is 3.61. The second-order valence-electron chi connectivity index (χ2n) is 5.83. The lowest BCUT2D eigenvalue weighted by atomic mass is 10.1.